The van der Waals surface area contributed by atoms with Crippen molar-refractivity contribution in [3.8, 4) is 5.75 Å². The molecule has 5 heteroatoms. The number of carboxylic acid groups (broad SMARTS) is 1. The van der Waals surface area contributed by atoms with Crippen molar-refractivity contribution < 1.29 is 24.2 Å². The smallest absolute Gasteiger partial charge is 0.309 e. The van der Waals surface area contributed by atoms with E-state index < -0.39 is 5.97 Å². The number of hydrogen-bond donors (Lipinski definition) is 1. The minimum absolute atomic E-state index is 0.108. The fourth-order valence-corrected chi connectivity index (χ4v) is 1.71. The van der Waals surface area contributed by atoms with E-state index in [1.165, 1.54) is 7.11 Å². The monoisotopic (exact) mass is 278 g/mol. The van der Waals surface area contributed by atoms with Gasteiger partial charge in [0.05, 0.1) is 26.6 Å². The molecule has 0 aliphatic rings. The van der Waals surface area contributed by atoms with Crippen LogP contribution in [-0.4, -0.2) is 30.8 Å². The molecule has 1 aromatic carbocycles. The van der Waals surface area contributed by atoms with Crippen molar-refractivity contribution >= 4 is 18.0 Å². The second-order valence-corrected chi connectivity index (χ2v) is 4.05. The summed E-state index contributed by atoms with van der Waals surface area (Å²) in [4.78, 5) is 22.0. The lowest BCUT2D eigenvalue weighted by Crippen LogP contribution is -2.02. The van der Waals surface area contributed by atoms with E-state index in [1.807, 2.05) is 0 Å². The number of rotatable bonds is 7. The number of carbonyl (C=O) groups excluding carboxylic acids is 1. The van der Waals surface area contributed by atoms with E-state index in [1.54, 1.807) is 37.3 Å². The number of carbonyl (C=O) groups is 2. The lowest BCUT2D eigenvalue weighted by atomic mass is 10.1. The maximum absolute atomic E-state index is 11.2. The second kappa shape index (κ2) is 7.99. The van der Waals surface area contributed by atoms with Gasteiger partial charge in [-0.05, 0) is 24.6 Å². The van der Waals surface area contributed by atoms with Crippen LogP contribution in [0.2, 0.25) is 0 Å². The van der Waals surface area contributed by atoms with Crippen LogP contribution in [0.25, 0.3) is 6.08 Å². The molecule has 0 atom stereocenters. The molecule has 0 saturated carbocycles. The van der Waals surface area contributed by atoms with Gasteiger partial charge < -0.3 is 14.6 Å². The van der Waals surface area contributed by atoms with Gasteiger partial charge in [-0.25, -0.2) is 0 Å². The van der Waals surface area contributed by atoms with Gasteiger partial charge in [-0.3, -0.25) is 9.59 Å². The van der Waals surface area contributed by atoms with Crippen molar-refractivity contribution in [3.05, 3.63) is 35.4 Å². The van der Waals surface area contributed by atoms with Crippen LogP contribution >= 0.6 is 0 Å². The van der Waals surface area contributed by atoms with Gasteiger partial charge >= 0.3 is 11.9 Å². The van der Waals surface area contributed by atoms with Crippen LogP contribution in [0.15, 0.2) is 24.3 Å². The van der Waals surface area contributed by atoms with Crippen LogP contribution in [-0.2, 0) is 20.7 Å². The SMILES string of the molecule is CCOC(=O)CC=Cc1ccc(OC)c(CC(=O)O)c1. The molecule has 0 radical (unpaired) electrons. The minimum Gasteiger partial charge on any atom is -0.496 e. The first-order chi connectivity index (χ1) is 9.56. The van der Waals surface area contributed by atoms with Crippen molar-refractivity contribution in [2.24, 2.45) is 0 Å². The van der Waals surface area contributed by atoms with Crippen molar-refractivity contribution in [2.75, 3.05) is 13.7 Å². The van der Waals surface area contributed by atoms with E-state index in [0.29, 0.717) is 17.9 Å². The van der Waals surface area contributed by atoms with Gasteiger partial charge in [-0.2, -0.15) is 0 Å². The van der Waals surface area contributed by atoms with Crippen molar-refractivity contribution in [1.29, 1.82) is 0 Å². The van der Waals surface area contributed by atoms with Crippen LogP contribution in [0.1, 0.15) is 24.5 Å². The van der Waals surface area contributed by atoms with Crippen molar-refractivity contribution in [2.45, 2.75) is 19.8 Å². The van der Waals surface area contributed by atoms with Gasteiger partial charge in [0.25, 0.3) is 0 Å². The third-order valence-electron chi connectivity index (χ3n) is 2.55. The van der Waals surface area contributed by atoms with Crippen molar-refractivity contribution in [3.63, 3.8) is 0 Å². The number of carboxylic acids is 1. The average molecular weight is 278 g/mol. The molecule has 0 spiro atoms. The first-order valence-electron chi connectivity index (χ1n) is 6.27. The highest BCUT2D eigenvalue weighted by molar-refractivity contribution is 5.74. The Balaban J connectivity index is 2.78. The van der Waals surface area contributed by atoms with Gasteiger partial charge in [0, 0.05) is 5.56 Å². The third-order valence-corrected chi connectivity index (χ3v) is 2.55. The Morgan fingerprint density at radius 2 is 2.10 bits per heavy atom. The zero-order valence-corrected chi connectivity index (χ0v) is 11.6. The summed E-state index contributed by atoms with van der Waals surface area (Å²) in [5.74, 6) is -0.672. The van der Waals surface area contributed by atoms with Gasteiger partial charge in [-0.15, -0.1) is 0 Å². The Hall–Kier alpha value is -2.30. The van der Waals surface area contributed by atoms with Gasteiger partial charge in [0.1, 0.15) is 5.75 Å². The van der Waals surface area contributed by atoms with E-state index in [2.05, 4.69) is 0 Å². The minimum atomic E-state index is -0.920. The maximum Gasteiger partial charge on any atom is 0.309 e. The Bertz CT molecular complexity index is 505. The molecule has 0 amide bonds. The second-order valence-electron chi connectivity index (χ2n) is 4.05. The molecule has 108 valence electrons. The topological polar surface area (TPSA) is 72.8 Å². The highest BCUT2D eigenvalue weighted by atomic mass is 16.5. The predicted octanol–water partition coefficient (Wildman–Crippen LogP) is 2.29. The molecule has 0 heterocycles. The number of hydrogen-bond acceptors (Lipinski definition) is 4. The summed E-state index contributed by atoms with van der Waals surface area (Å²) < 4.78 is 9.92. The molecule has 20 heavy (non-hydrogen) atoms. The van der Waals surface area contributed by atoms with E-state index in [0.717, 1.165) is 5.56 Å². The van der Waals surface area contributed by atoms with Crippen LogP contribution < -0.4 is 4.74 Å². The summed E-state index contributed by atoms with van der Waals surface area (Å²) in [6.07, 6.45) is 3.52. The van der Waals surface area contributed by atoms with E-state index in [9.17, 15) is 9.59 Å². The highest BCUT2D eigenvalue weighted by Crippen LogP contribution is 2.21. The number of benzene rings is 1. The van der Waals surface area contributed by atoms with Crippen LogP contribution in [0.4, 0.5) is 0 Å². The maximum atomic E-state index is 11.2. The Kier molecular flexibility index (Phi) is 6.29. The fourth-order valence-electron chi connectivity index (χ4n) is 1.71. The van der Waals surface area contributed by atoms with Gasteiger partial charge in [-0.1, -0.05) is 18.2 Å². The Morgan fingerprint density at radius 1 is 1.35 bits per heavy atom. The van der Waals surface area contributed by atoms with Crippen LogP contribution in [0.5, 0.6) is 5.75 Å². The summed E-state index contributed by atoms with van der Waals surface area (Å²) >= 11 is 0. The molecule has 0 aliphatic carbocycles. The van der Waals surface area contributed by atoms with E-state index in [-0.39, 0.29) is 18.8 Å². The molecular formula is C15H18O5. The molecule has 0 fully saturated rings. The lowest BCUT2D eigenvalue weighted by Gasteiger charge is -2.07. The number of ether oxygens (including phenoxy) is 2. The van der Waals surface area contributed by atoms with Crippen LogP contribution in [0, 0.1) is 0 Å². The fraction of sp³-hybridized carbons (Fsp3) is 0.333. The molecule has 1 N–H and O–H groups in total. The standard InChI is InChI=1S/C15H18O5/c1-3-20-15(18)6-4-5-11-7-8-13(19-2)12(9-11)10-14(16)17/h4-5,7-9H,3,6,10H2,1-2H3,(H,16,17). The highest BCUT2D eigenvalue weighted by Gasteiger charge is 2.07. The lowest BCUT2D eigenvalue weighted by molar-refractivity contribution is -0.142. The summed E-state index contributed by atoms with van der Waals surface area (Å²) in [5, 5.41) is 8.85. The van der Waals surface area contributed by atoms with Gasteiger partial charge in [0.15, 0.2) is 0 Å². The molecule has 5 nitrogen and oxygen atoms in total. The number of aliphatic carboxylic acids is 1. The molecule has 0 bridgehead atoms. The Labute approximate surface area is 117 Å². The predicted molar refractivity (Wildman–Crippen MR) is 74.6 cm³/mol. The largest absolute Gasteiger partial charge is 0.496 e. The molecule has 0 unspecified atom stereocenters. The Morgan fingerprint density at radius 3 is 2.70 bits per heavy atom. The normalized spacial score (nSPS) is 10.5. The number of esters is 1. The number of methoxy groups -OCH3 is 1. The zero-order valence-electron chi connectivity index (χ0n) is 11.6. The molecule has 0 saturated heterocycles. The molecular weight excluding hydrogens is 260 g/mol. The molecule has 0 aromatic heterocycles. The summed E-state index contributed by atoms with van der Waals surface area (Å²) in [7, 11) is 1.50. The molecule has 0 aliphatic heterocycles. The van der Waals surface area contributed by atoms with Crippen LogP contribution in [0.3, 0.4) is 0 Å². The van der Waals surface area contributed by atoms with Crippen molar-refractivity contribution in [1.82, 2.24) is 0 Å². The zero-order chi connectivity index (χ0) is 15.0. The van der Waals surface area contributed by atoms with E-state index in [4.69, 9.17) is 14.6 Å². The first-order valence-corrected chi connectivity index (χ1v) is 6.27. The van der Waals surface area contributed by atoms with Gasteiger partial charge in [0.2, 0.25) is 0 Å². The quantitative estimate of drug-likeness (QED) is 0.775. The molecule has 1 rings (SSSR count). The summed E-state index contributed by atoms with van der Waals surface area (Å²) in [6.45, 7) is 2.11. The average Bonchev–Trinajstić information content (AvgIpc) is 2.38. The summed E-state index contributed by atoms with van der Waals surface area (Å²) in [5.41, 5.74) is 1.41. The molecule has 1 aromatic rings. The van der Waals surface area contributed by atoms with E-state index >= 15 is 0 Å². The first kappa shape index (κ1) is 15.8. The summed E-state index contributed by atoms with van der Waals surface area (Å²) in [6, 6.07) is 5.24. The third kappa shape index (κ3) is 5.14.